The lowest BCUT2D eigenvalue weighted by molar-refractivity contribution is -0.109. The van der Waals surface area contributed by atoms with Gasteiger partial charge in [-0.3, -0.25) is 4.79 Å². The van der Waals surface area contributed by atoms with Gasteiger partial charge in [0.1, 0.15) is 17.1 Å². The lowest BCUT2D eigenvalue weighted by Gasteiger charge is -2.07. The number of benzene rings is 1. The standard InChI is InChI=1S/C14H16O3S/c1-11(15)18-10-5-4-7-12-13(16-2)8-6-9-14(12)17-3/h6,8-9H,5,10H2,1-3H3. The molecule has 3 nitrogen and oxygen atoms in total. The van der Waals surface area contributed by atoms with Crippen LogP contribution in [0, 0.1) is 11.8 Å². The van der Waals surface area contributed by atoms with Crippen molar-refractivity contribution in [2.24, 2.45) is 0 Å². The van der Waals surface area contributed by atoms with E-state index in [2.05, 4.69) is 11.8 Å². The summed E-state index contributed by atoms with van der Waals surface area (Å²) in [6, 6.07) is 5.54. The van der Waals surface area contributed by atoms with Crippen LogP contribution >= 0.6 is 11.8 Å². The fourth-order valence-electron chi connectivity index (χ4n) is 1.37. The highest BCUT2D eigenvalue weighted by Gasteiger charge is 2.06. The topological polar surface area (TPSA) is 35.5 Å². The van der Waals surface area contributed by atoms with E-state index in [0.29, 0.717) is 23.7 Å². The lowest BCUT2D eigenvalue weighted by Crippen LogP contribution is -1.92. The van der Waals surface area contributed by atoms with Crippen molar-refractivity contribution < 1.29 is 14.3 Å². The second-order valence-corrected chi connectivity index (χ2v) is 4.70. The number of thioether (sulfide) groups is 1. The van der Waals surface area contributed by atoms with Crippen LogP contribution in [-0.4, -0.2) is 25.1 Å². The normalized spacial score (nSPS) is 9.28. The number of rotatable bonds is 4. The van der Waals surface area contributed by atoms with Gasteiger partial charge in [0.25, 0.3) is 0 Å². The zero-order chi connectivity index (χ0) is 13.4. The highest BCUT2D eigenvalue weighted by Crippen LogP contribution is 2.26. The minimum atomic E-state index is 0.117. The molecule has 0 radical (unpaired) electrons. The Morgan fingerprint density at radius 3 is 2.39 bits per heavy atom. The van der Waals surface area contributed by atoms with Gasteiger partial charge in [0.15, 0.2) is 5.12 Å². The van der Waals surface area contributed by atoms with Gasteiger partial charge in [-0.25, -0.2) is 0 Å². The maximum Gasteiger partial charge on any atom is 0.185 e. The van der Waals surface area contributed by atoms with Crippen LogP contribution in [0.3, 0.4) is 0 Å². The summed E-state index contributed by atoms with van der Waals surface area (Å²) in [7, 11) is 3.21. The zero-order valence-electron chi connectivity index (χ0n) is 10.8. The van der Waals surface area contributed by atoms with E-state index in [9.17, 15) is 4.79 Å². The first kappa shape index (κ1) is 14.5. The highest BCUT2D eigenvalue weighted by molar-refractivity contribution is 8.13. The molecule has 0 unspecified atom stereocenters. The van der Waals surface area contributed by atoms with Crippen molar-refractivity contribution in [3.8, 4) is 23.3 Å². The number of hydrogen-bond acceptors (Lipinski definition) is 4. The van der Waals surface area contributed by atoms with Gasteiger partial charge in [-0.2, -0.15) is 0 Å². The van der Waals surface area contributed by atoms with Crippen LogP contribution in [0.2, 0.25) is 0 Å². The predicted molar refractivity (Wildman–Crippen MR) is 74.2 cm³/mol. The van der Waals surface area contributed by atoms with E-state index in [0.717, 1.165) is 5.56 Å². The molecular weight excluding hydrogens is 248 g/mol. The molecule has 0 fully saturated rings. The maximum absolute atomic E-state index is 10.8. The molecule has 0 N–H and O–H groups in total. The lowest BCUT2D eigenvalue weighted by atomic mass is 10.2. The monoisotopic (exact) mass is 264 g/mol. The van der Waals surface area contributed by atoms with Gasteiger partial charge >= 0.3 is 0 Å². The molecule has 0 aliphatic heterocycles. The Bertz CT molecular complexity index is 449. The molecule has 0 amide bonds. The van der Waals surface area contributed by atoms with E-state index in [1.165, 1.54) is 11.8 Å². The van der Waals surface area contributed by atoms with Gasteiger partial charge in [0, 0.05) is 19.1 Å². The molecule has 4 heteroatoms. The van der Waals surface area contributed by atoms with Crippen molar-refractivity contribution in [2.45, 2.75) is 13.3 Å². The van der Waals surface area contributed by atoms with Crippen LogP contribution in [0.15, 0.2) is 18.2 Å². The largest absolute Gasteiger partial charge is 0.495 e. The van der Waals surface area contributed by atoms with Crippen molar-refractivity contribution in [2.75, 3.05) is 20.0 Å². The first-order valence-electron chi connectivity index (χ1n) is 5.52. The van der Waals surface area contributed by atoms with Crippen LogP contribution in [0.4, 0.5) is 0 Å². The predicted octanol–water partition coefficient (Wildman–Crippen LogP) is 2.73. The Morgan fingerprint density at radius 2 is 1.89 bits per heavy atom. The maximum atomic E-state index is 10.8. The van der Waals surface area contributed by atoms with Crippen LogP contribution in [0.25, 0.3) is 0 Å². The third kappa shape index (κ3) is 4.34. The molecule has 0 saturated heterocycles. The Hall–Kier alpha value is -1.60. The number of ether oxygens (including phenoxy) is 2. The van der Waals surface area contributed by atoms with E-state index >= 15 is 0 Å². The van der Waals surface area contributed by atoms with Gasteiger partial charge in [-0.15, -0.1) is 0 Å². The first-order valence-corrected chi connectivity index (χ1v) is 6.50. The molecule has 1 aromatic rings. The van der Waals surface area contributed by atoms with Gasteiger partial charge in [0.05, 0.1) is 14.2 Å². The van der Waals surface area contributed by atoms with E-state index in [1.54, 1.807) is 21.1 Å². The molecule has 0 saturated carbocycles. The van der Waals surface area contributed by atoms with E-state index in [1.807, 2.05) is 18.2 Å². The van der Waals surface area contributed by atoms with E-state index < -0.39 is 0 Å². The Balaban J connectivity index is 2.76. The molecule has 96 valence electrons. The molecule has 0 aliphatic carbocycles. The van der Waals surface area contributed by atoms with E-state index in [4.69, 9.17) is 9.47 Å². The zero-order valence-corrected chi connectivity index (χ0v) is 11.6. The minimum absolute atomic E-state index is 0.117. The summed E-state index contributed by atoms with van der Waals surface area (Å²) in [5.74, 6) is 8.16. The molecule has 1 aromatic carbocycles. The molecule has 0 heterocycles. The van der Waals surface area contributed by atoms with Crippen molar-refractivity contribution >= 4 is 16.9 Å². The number of carbonyl (C=O) groups excluding carboxylic acids is 1. The summed E-state index contributed by atoms with van der Waals surface area (Å²) in [5.41, 5.74) is 0.746. The van der Waals surface area contributed by atoms with Crippen LogP contribution in [-0.2, 0) is 4.79 Å². The molecular formula is C14H16O3S. The third-order valence-corrected chi connectivity index (χ3v) is 2.99. The number of hydrogen-bond donors (Lipinski definition) is 0. The molecule has 0 aliphatic rings. The van der Waals surface area contributed by atoms with Crippen molar-refractivity contribution in [1.82, 2.24) is 0 Å². The summed E-state index contributed by atoms with van der Waals surface area (Å²) < 4.78 is 10.5. The fourth-order valence-corrected chi connectivity index (χ4v) is 1.86. The van der Waals surface area contributed by atoms with Crippen molar-refractivity contribution in [3.05, 3.63) is 23.8 Å². The molecule has 0 spiro atoms. The van der Waals surface area contributed by atoms with Gasteiger partial charge < -0.3 is 9.47 Å². The second kappa shape index (κ2) is 7.67. The quantitative estimate of drug-likeness (QED) is 0.619. The second-order valence-electron chi connectivity index (χ2n) is 3.43. The van der Waals surface area contributed by atoms with Crippen LogP contribution in [0.5, 0.6) is 11.5 Å². The Labute approximate surface area is 112 Å². The highest BCUT2D eigenvalue weighted by atomic mass is 32.2. The van der Waals surface area contributed by atoms with Gasteiger partial charge in [-0.1, -0.05) is 29.7 Å². The molecule has 0 bridgehead atoms. The third-order valence-electron chi connectivity index (χ3n) is 2.17. The van der Waals surface area contributed by atoms with Crippen molar-refractivity contribution in [3.63, 3.8) is 0 Å². The molecule has 0 atom stereocenters. The fraction of sp³-hybridized carbons (Fsp3) is 0.357. The van der Waals surface area contributed by atoms with Crippen LogP contribution in [0.1, 0.15) is 18.9 Å². The summed E-state index contributed by atoms with van der Waals surface area (Å²) in [5, 5.41) is 0.117. The summed E-state index contributed by atoms with van der Waals surface area (Å²) >= 11 is 1.28. The molecule has 1 rings (SSSR count). The summed E-state index contributed by atoms with van der Waals surface area (Å²) in [6.45, 7) is 1.56. The SMILES string of the molecule is COc1cccc(OC)c1C#CCCSC(C)=O. The average Bonchev–Trinajstić information content (AvgIpc) is 2.37. The molecule has 18 heavy (non-hydrogen) atoms. The van der Waals surface area contributed by atoms with Gasteiger partial charge in [-0.05, 0) is 12.1 Å². The minimum Gasteiger partial charge on any atom is -0.495 e. The smallest absolute Gasteiger partial charge is 0.185 e. The number of methoxy groups -OCH3 is 2. The number of carbonyl (C=O) groups is 1. The summed E-state index contributed by atoms with van der Waals surface area (Å²) in [6.07, 6.45) is 0.658. The average molecular weight is 264 g/mol. The van der Waals surface area contributed by atoms with Crippen LogP contribution < -0.4 is 9.47 Å². The Kier molecular flexibility index (Phi) is 6.16. The molecule has 0 aromatic heterocycles. The first-order chi connectivity index (χ1) is 8.69. The van der Waals surface area contributed by atoms with Crippen molar-refractivity contribution in [1.29, 1.82) is 0 Å². The summed E-state index contributed by atoms with van der Waals surface area (Å²) in [4.78, 5) is 10.8. The van der Waals surface area contributed by atoms with Gasteiger partial charge in [0.2, 0.25) is 0 Å². The Morgan fingerprint density at radius 1 is 1.28 bits per heavy atom. The van der Waals surface area contributed by atoms with E-state index in [-0.39, 0.29) is 5.12 Å².